The van der Waals surface area contributed by atoms with Crippen molar-refractivity contribution in [2.24, 2.45) is 0 Å². The van der Waals surface area contributed by atoms with Gasteiger partial charge in [0, 0.05) is 0 Å². The Morgan fingerprint density at radius 3 is 1.90 bits per heavy atom. The number of benzene rings is 1. The van der Waals surface area contributed by atoms with E-state index in [1.807, 2.05) is 31.2 Å². The lowest BCUT2D eigenvalue weighted by atomic mass is 9.97. The molecule has 0 spiro atoms. The molecule has 5 heteroatoms. The summed E-state index contributed by atoms with van der Waals surface area (Å²) in [5, 5.41) is 0. The van der Waals surface area contributed by atoms with E-state index in [1.54, 1.807) is 0 Å². The van der Waals surface area contributed by atoms with Crippen LogP contribution in [0.3, 0.4) is 0 Å². The molecule has 0 amide bonds. The molecule has 1 aromatic rings. The van der Waals surface area contributed by atoms with Crippen LogP contribution in [0, 0.1) is 0 Å². The molecule has 0 aliphatic carbocycles. The van der Waals surface area contributed by atoms with Crippen LogP contribution in [0.1, 0.15) is 18.4 Å². The van der Waals surface area contributed by atoms with E-state index in [0.717, 1.165) is 11.3 Å². The maximum atomic E-state index is 5.65. The normalized spacial score (nSPS) is 20.9. The molecule has 0 unspecified atom stereocenters. The predicted molar refractivity (Wildman–Crippen MR) is 71.7 cm³/mol. The zero-order chi connectivity index (χ0) is 13.8. The SMILES string of the molecule is CCOc1ccc(C(C2OCCO2)C2OCCO2)cc1. The van der Waals surface area contributed by atoms with E-state index in [-0.39, 0.29) is 18.5 Å². The molecule has 5 nitrogen and oxygen atoms in total. The zero-order valence-corrected chi connectivity index (χ0v) is 11.6. The van der Waals surface area contributed by atoms with Gasteiger partial charge in [0.25, 0.3) is 0 Å². The Hall–Kier alpha value is -1.14. The predicted octanol–water partition coefficient (Wildman–Crippen LogP) is 1.91. The summed E-state index contributed by atoms with van der Waals surface area (Å²) in [6, 6.07) is 7.95. The summed E-state index contributed by atoms with van der Waals surface area (Å²) in [7, 11) is 0. The minimum atomic E-state index is -0.309. The van der Waals surface area contributed by atoms with E-state index in [1.165, 1.54) is 0 Å². The quantitative estimate of drug-likeness (QED) is 0.824. The zero-order valence-electron chi connectivity index (χ0n) is 11.6. The van der Waals surface area contributed by atoms with E-state index in [9.17, 15) is 0 Å². The van der Waals surface area contributed by atoms with Crippen LogP contribution in [0.5, 0.6) is 5.75 Å². The lowest BCUT2D eigenvalue weighted by Crippen LogP contribution is -2.31. The van der Waals surface area contributed by atoms with Crippen LogP contribution in [0.15, 0.2) is 24.3 Å². The van der Waals surface area contributed by atoms with Crippen LogP contribution in [0.25, 0.3) is 0 Å². The average molecular weight is 280 g/mol. The third kappa shape index (κ3) is 2.96. The highest BCUT2D eigenvalue weighted by atomic mass is 16.7. The van der Waals surface area contributed by atoms with Gasteiger partial charge in [-0.15, -0.1) is 0 Å². The molecule has 0 N–H and O–H groups in total. The fourth-order valence-electron chi connectivity index (χ4n) is 2.56. The van der Waals surface area contributed by atoms with E-state index >= 15 is 0 Å². The van der Waals surface area contributed by atoms with Crippen LogP contribution in [-0.2, 0) is 18.9 Å². The number of ether oxygens (including phenoxy) is 5. The van der Waals surface area contributed by atoms with Gasteiger partial charge in [0.2, 0.25) is 0 Å². The molecule has 2 aliphatic heterocycles. The summed E-state index contributed by atoms with van der Waals surface area (Å²) in [4.78, 5) is 0. The van der Waals surface area contributed by atoms with Gasteiger partial charge in [0.1, 0.15) is 5.75 Å². The topological polar surface area (TPSA) is 46.2 Å². The van der Waals surface area contributed by atoms with Crippen LogP contribution in [0.2, 0.25) is 0 Å². The van der Waals surface area contributed by atoms with Crippen molar-refractivity contribution in [1.82, 2.24) is 0 Å². The molecule has 2 heterocycles. The average Bonchev–Trinajstić information content (AvgIpc) is 3.15. The van der Waals surface area contributed by atoms with Gasteiger partial charge in [-0.05, 0) is 24.6 Å². The lowest BCUT2D eigenvalue weighted by molar-refractivity contribution is -0.145. The van der Waals surface area contributed by atoms with E-state index < -0.39 is 0 Å². The van der Waals surface area contributed by atoms with Gasteiger partial charge in [0.05, 0.1) is 39.0 Å². The van der Waals surface area contributed by atoms with E-state index in [4.69, 9.17) is 23.7 Å². The van der Waals surface area contributed by atoms with Crippen LogP contribution in [0.4, 0.5) is 0 Å². The van der Waals surface area contributed by atoms with Gasteiger partial charge in [-0.25, -0.2) is 0 Å². The molecule has 2 saturated heterocycles. The Morgan fingerprint density at radius 1 is 0.950 bits per heavy atom. The largest absolute Gasteiger partial charge is 0.494 e. The Balaban J connectivity index is 1.79. The first kappa shape index (κ1) is 13.8. The second-order valence-corrected chi connectivity index (χ2v) is 4.75. The van der Waals surface area contributed by atoms with Crippen LogP contribution >= 0.6 is 0 Å². The van der Waals surface area contributed by atoms with E-state index in [2.05, 4.69) is 0 Å². The van der Waals surface area contributed by atoms with Crippen molar-refractivity contribution in [1.29, 1.82) is 0 Å². The molecule has 20 heavy (non-hydrogen) atoms. The second kappa shape index (κ2) is 6.54. The lowest BCUT2D eigenvalue weighted by Gasteiger charge is -2.26. The number of hydrogen-bond donors (Lipinski definition) is 0. The maximum Gasteiger partial charge on any atom is 0.169 e. The molecule has 2 fully saturated rings. The van der Waals surface area contributed by atoms with Crippen LogP contribution < -0.4 is 4.74 Å². The van der Waals surface area contributed by atoms with Crippen molar-refractivity contribution in [2.75, 3.05) is 33.0 Å². The molecular weight excluding hydrogens is 260 g/mol. The highest BCUT2D eigenvalue weighted by Crippen LogP contribution is 2.33. The van der Waals surface area contributed by atoms with Crippen molar-refractivity contribution in [3.63, 3.8) is 0 Å². The molecule has 0 bridgehead atoms. The van der Waals surface area contributed by atoms with Crippen LogP contribution in [-0.4, -0.2) is 45.6 Å². The summed E-state index contributed by atoms with van der Waals surface area (Å²) in [6.45, 7) is 5.09. The summed E-state index contributed by atoms with van der Waals surface area (Å²) in [6.07, 6.45) is -0.618. The number of hydrogen-bond acceptors (Lipinski definition) is 5. The first-order valence-electron chi connectivity index (χ1n) is 7.07. The Kier molecular flexibility index (Phi) is 4.52. The maximum absolute atomic E-state index is 5.65. The molecule has 2 aliphatic rings. The summed E-state index contributed by atoms with van der Waals surface area (Å²) < 4.78 is 28.1. The minimum Gasteiger partial charge on any atom is -0.494 e. The smallest absolute Gasteiger partial charge is 0.169 e. The molecule has 1 aromatic carbocycles. The van der Waals surface area contributed by atoms with Gasteiger partial charge >= 0.3 is 0 Å². The summed E-state index contributed by atoms with van der Waals surface area (Å²) >= 11 is 0. The van der Waals surface area contributed by atoms with Crippen molar-refractivity contribution in [3.05, 3.63) is 29.8 Å². The Bertz CT molecular complexity index is 391. The Morgan fingerprint density at radius 2 is 1.45 bits per heavy atom. The van der Waals surface area contributed by atoms with Gasteiger partial charge in [-0.3, -0.25) is 0 Å². The van der Waals surface area contributed by atoms with Crippen molar-refractivity contribution < 1.29 is 23.7 Å². The fourth-order valence-corrected chi connectivity index (χ4v) is 2.56. The molecule has 0 atom stereocenters. The summed E-state index contributed by atoms with van der Waals surface area (Å²) in [5.74, 6) is 0.784. The Labute approximate surface area is 118 Å². The highest BCUT2D eigenvalue weighted by molar-refractivity contribution is 5.30. The fraction of sp³-hybridized carbons (Fsp3) is 0.600. The molecule has 0 saturated carbocycles. The van der Waals surface area contributed by atoms with Gasteiger partial charge in [0.15, 0.2) is 12.6 Å². The highest BCUT2D eigenvalue weighted by Gasteiger charge is 2.38. The molecular formula is C15H20O5. The third-order valence-electron chi connectivity index (χ3n) is 3.46. The first-order chi connectivity index (χ1) is 9.88. The number of rotatable bonds is 5. The van der Waals surface area contributed by atoms with Gasteiger partial charge in [-0.2, -0.15) is 0 Å². The van der Waals surface area contributed by atoms with Gasteiger partial charge < -0.3 is 23.7 Å². The molecule has 0 radical (unpaired) electrons. The van der Waals surface area contributed by atoms with Crippen molar-refractivity contribution in [2.45, 2.75) is 25.4 Å². The molecule has 0 aromatic heterocycles. The van der Waals surface area contributed by atoms with Crippen molar-refractivity contribution in [3.8, 4) is 5.75 Å². The molecule has 3 rings (SSSR count). The third-order valence-corrected chi connectivity index (χ3v) is 3.46. The van der Waals surface area contributed by atoms with Crippen molar-refractivity contribution >= 4 is 0 Å². The standard InChI is InChI=1S/C15H20O5/c1-2-16-12-5-3-11(4-6-12)13(14-17-7-8-18-14)15-19-9-10-20-15/h3-6,13-15H,2,7-10H2,1H3. The van der Waals surface area contributed by atoms with Gasteiger partial charge in [-0.1, -0.05) is 12.1 Å². The second-order valence-electron chi connectivity index (χ2n) is 4.75. The molecule has 110 valence electrons. The minimum absolute atomic E-state index is 0.0734. The van der Waals surface area contributed by atoms with E-state index in [0.29, 0.717) is 33.0 Å². The first-order valence-corrected chi connectivity index (χ1v) is 7.07. The summed E-state index contributed by atoms with van der Waals surface area (Å²) in [5.41, 5.74) is 1.08. The monoisotopic (exact) mass is 280 g/mol.